The molecule has 0 saturated heterocycles. The molecule has 0 bridgehead atoms. The molecule has 1 aromatic carbocycles. The van der Waals surface area contributed by atoms with E-state index in [1.165, 1.54) is 6.92 Å². The molecule has 0 N–H and O–H groups in total. The summed E-state index contributed by atoms with van der Waals surface area (Å²) in [6.45, 7) is 3.14. The van der Waals surface area contributed by atoms with E-state index < -0.39 is 17.9 Å². The van der Waals surface area contributed by atoms with Crippen molar-refractivity contribution >= 4 is 23.4 Å². The minimum atomic E-state index is -1.23. The van der Waals surface area contributed by atoms with Crippen LogP contribution in [0.3, 0.4) is 0 Å². The summed E-state index contributed by atoms with van der Waals surface area (Å²) in [5, 5.41) is 0.549. The van der Waals surface area contributed by atoms with Crippen LogP contribution in [0.4, 0.5) is 0 Å². The Labute approximate surface area is 104 Å². The van der Waals surface area contributed by atoms with E-state index in [0.29, 0.717) is 10.8 Å². The number of halogens is 1. The third-order valence-corrected chi connectivity index (χ3v) is 2.19. The number of hydrogen-bond acceptors (Lipinski definition) is 4. The Morgan fingerprint density at radius 2 is 1.88 bits per heavy atom. The monoisotopic (exact) mass is 256 g/mol. The maximum absolute atomic E-state index is 11.5. The molecule has 0 unspecified atom stereocenters. The van der Waals surface area contributed by atoms with Gasteiger partial charge in [0, 0.05) is 5.02 Å². The highest BCUT2D eigenvalue weighted by molar-refractivity contribution is 6.30. The average molecular weight is 257 g/mol. The van der Waals surface area contributed by atoms with Gasteiger partial charge in [-0.15, -0.1) is 0 Å². The summed E-state index contributed by atoms with van der Waals surface area (Å²) >= 11 is 5.71. The van der Waals surface area contributed by atoms with Gasteiger partial charge < -0.3 is 9.47 Å². The molecule has 92 valence electrons. The first kappa shape index (κ1) is 13.5. The smallest absolute Gasteiger partial charge is 0.355 e. The predicted octanol–water partition coefficient (Wildman–Crippen LogP) is 2.24. The van der Waals surface area contributed by atoms with E-state index in [2.05, 4.69) is 0 Å². The molecule has 0 aliphatic rings. The Morgan fingerprint density at radius 3 is 2.35 bits per heavy atom. The summed E-state index contributed by atoms with van der Waals surface area (Å²) in [5.74, 6) is -0.698. The molecule has 0 heterocycles. The molecule has 0 fully saturated rings. The molecular weight excluding hydrogens is 244 g/mol. The lowest BCUT2D eigenvalue weighted by Crippen LogP contribution is -2.35. The van der Waals surface area contributed by atoms with E-state index in [-0.39, 0.29) is 6.61 Å². The zero-order valence-corrected chi connectivity index (χ0v) is 10.4. The molecule has 1 aromatic rings. The maximum atomic E-state index is 11.5. The van der Waals surface area contributed by atoms with Crippen LogP contribution in [0.15, 0.2) is 24.3 Å². The highest BCUT2D eigenvalue weighted by atomic mass is 35.5. The normalized spacial score (nSPS) is 11.7. The van der Waals surface area contributed by atoms with Gasteiger partial charge in [0.25, 0.3) is 6.10 Å². The highest BCUT2D eigenvalue weighted by Gasteiger charge is 2.26. The third kappa shape index (κ3) is 4.07. The highest BCUT2D eigenvalue weighted by Crippen LogP contribution is 2.17. The lowest BCUT2D eigenvalue weighted by Gasteiger charge is -2.14. The lowest BCUT2D eigenvalue weighted by atomic mass is 10.2. The zero-order valence-electron chi connectivity index (χ0n) is 9.60. The SMILES string of the molecule is CCOC(=O)[C@H](Oc1ccc(Cl)cc1)C(C)=O. The van der Waals surface area contributed by atoms with Crippen molar-refractivity contribution in [2.45, 2.75) is 20.0 Å². The summed E-state index contributed by atoms with van der Waals surface area (Å²) in [6, 6.07) is 6.38. The first-order chi connectivity index (χ1) is 8.04. The van der Waals surface area contributed by atoms with E-state index in [4.69, 9.17) is 21.1 Å². The Bertz CT molecular complexity index is 399. The third-order valence-electron chi connectivity index (χ3n) is 1.94. The molecule has 0 aliphatic carbocycles. The molecular formula is C12H13ClO4. The van der Waals surface area contributed by atoms with Crippen LogP contribution in [0.25, 0.3) is 0 Å². The standard InChI is InChI=1S/C12H13ClO4/c1-3-16-12(15)11(8(2)14)17-10-6-4-9(13)5-7-10/h4-7,11H,3H2,1-2H3/t11-/m1/s1. The lowest BCUT2D eigenvalue weighted by molar-refractivity contribution is -0.154. The molecule has 1 atom stereocenters. The number of esters is 1. The first-order valence-corrected chi connectivity index (χ1v) is 5.51. The second-order valence-corrected chi connectivity index (χ2v) is 3.75. The van der Waals surface area contributed by atoms with Gasteiger partial charge in [0.05, 0.1) is 6.61 Å². The van der Waals surface area contributed by atoms with Crippen LogP contribution < -0.4 is 4.74 Å². The van der Waals surface area contributed by atoms with Gasteiger partial charge in [0.15, 0.2) is 5.78 Å². The number of benzene rings is 1. The summed E-state index contributed by atoms with van der Waals surface area (Å²) in [4.78, 5) is 22.7. The quantitative estimate of drug-likeness (QED) is 0.599. The number of carbonyl (C=O) groups is 2. The van der Waals surface area contributed by atoms with Gasteiger partial charge >= 0.3 is 5.97 Å². The van der Waals surface area contributed by atoms with Crippen molar-refractivity contribution < 1.29 is 19.1 Å². The zero-order chi connectivity index (χ0) is 12.8. The summed E-state index contributed by atoms with van der Waals surface area (Å²) in [6.07, 6.45) is -1.23. The average Bonchev–Trinajstić information content (AvgIpc) is 2.28. The first-order valence-electron chi connectivity index (χ1n) is 5.14. The fraction of sp³-hybridized carbons (Fsp3) is 0.333. The molecule has 4 nitrogen and oxygen atoms in total. The minimum Gasteiger partial charge on any atom is -0.471 e. The molecule has 17 heavy (non-hydrogen) atoms. The van der Waals surface area contributed by atoms with Crippen LogP contribution in [0.1, 0.15) is 13.8 Å². The van der Waals surface area contributed by atoms with Crippen molar-refractivity contribution in [2.24, 2.45) is 0 Å². The predicted molar refractivity (Wildman–Crippen MR) is 63.2 cm³/mol. The number of hydrogen-bond donors (Lipinski definition) is 0. The molecule has 0 radical (unpaired) electrons. The van der Waals surface area contributed by atoms with Crippen LogP contribution in [0.2, 0.25) is 5.02 Å². The molecule has 0 amide bonds. The fourth-order valence-electron chi connectivity index (χ4n) is 1.16. The summed E-state index contributed by atoms with van der Waals surface area (Å²) in [7, 11) is 0. The molecule has 0 saturated carbocycles. The van der Waals surface area contributed by atoms with Gasteiger partial charge in [0.1, 0.15) is 5.75 Å². The second kappa shape index (κ2) is 6.25. The van der Waals surface area contributed by atoms with E-state index in [9.17, 15) is 9.59 Å². The van der Waals surface area contributed by atoms with Crippen molar-refractivity contribution in [2.75, 3.05) is 6.61 Å². The van der Waals surface area contributed by atoms with Crippen LogP contribution >= 0.6 is 11.6 Å². The van der Waals surface area contributed by atoms with Gasteiger partial charge in [-0.1, -0.05) is 11.6 Å². The van der Waals surface area contributed by atoms with E-state index in [1.54, 1.807) is 31.2 Å². The molecule has 1 rings (SSSR count). The molecule has 5 heteroatoms. The van der Waals surface area contributed by atoms with E-state index >= 15 is 0 Å². The Hall–Kier alpha value is -1.55. The largest absolute Gasteiger partial charge is 0.471 e. The summed E-state index contributed by atoms with van der Waals surface area (Å²) < 4.78 is 10.0. The van der Waals surface area contributed by atoms with Crippen molar-refractivity contribution in [3.63, 3.8) is 0 Å². The van der Waals surface area contributed by atoms with Crippen molar-refractivity contribution in [3.8, 4) is 5.75 Å². The topological polar surface area (TPSA) is 52.6 Å². The van der Waals surface area contributed by atoms with Gasteiger partial charge in [-0.3, -0.25) is 4.79 Å². The van der Waals surface area contributed by atoms with Crippen molar-refractivity contribution in [3.05, 3.63) is 29.3 Å². The Morgan fingerprint density at radius 1 is 1.29 bits per heavy atom. The molecule has 0 aromatic heterocycles. The van der Waals surface area contributed by atoms with Crippen LogP contribution in [0.5, 0.6) is 5.75 Å². The number of ether oxygens (including phenoxy) is 2. The second-order valence-electron chi connectivity index (χ2n) is 3.31. The summed E-state index contributed by atoms with van der Waals surface area (Å²) in [5.41, 5.74) is 0. The van der Waals surface area contributed by atoms with E-state index in [1.807, 2.05) is 0 Å². The van der Waals surface area contributed by atoms with E-state index in [0.717, 1.165) is 0 Å². The Balaban J connectivity index is 2.76. The maximum Gasteiger partial charge on any atom is 0.355 e. The van der Waals surface area contributed by atoms with Gasteiger partial charge in [-0.25, -0.2) is 4.79 Å². The van der Waals surface area contributed by atoms with Gasteiger partial charge in [0.2, 0.25) is 0 Å². The van der Waals surface area contributed by atoms with Crippen molar-refractivity contribution in [1.29, 1.82) is 0 Å². The van der Waals surface area contributed by atoms with Gasteiger partial charge in [-0.05, 0) is 38.1 Å². The molecule has 0 aliphatic heterocycles. The minimum absolute atomic E-state index is 0.201. The van der Waals surface area contributed by atoms with Gasteiger partial charge in [-0.2, -0.15) is 0 Å². The number of rotatable bonds is 5. The van der Waals surface area contributed by atoms with Crippen LogP contribution in [-0.2, 0) is 14.3 Å². The van der Waals surface area contributed by atoms with Crippen molar-refractivity contribution in [1.82, 2.24) is 0 Å². The fourth-order valence-corrected chi connectivity index (χ4v) is 1.29. The number of Topliss-reactive ketones (excluding diaryl/α,β-unsaturated/α-hetero) is 1. The number of ketones is 1. The number of carbonyl (C=O) groups excluding carboxylic acids is 2. The molecule has 0 spiro atoms. The van der Waals surface area contributed by atoms with Crippen LogP contribution in [0, 0.1) is 0 Å². The Kier molecular flexibility index (Phi) is 4.97. The van der Waals surface area contributed by atoms with Crippen LogP contribution in [-0.4, -0.2) is 24.5 Å².